The lowest BCUT2D eigenvalue weighted by molar-refractivity contribution is -0.123. The molecular weight excluding hydrogens is 476 g/mol. The summed E-state index contributed by atoms with van der Waals surface area (Å²) in [4.78, 5) is 31.9. The van der Waals surface area contributed by atoms with Gasteiger partial charge in [-0.1, -0.05) is 44.5 Å². The lowest BCUT2D eigenvalue weighted by Crippen LogP contribution is -2.39. The van der Waals surface area contributed by atoms with Crippen molar-refractivity contribution in [2.45, 2.75) is 37.9 Å². The van der Waals surface area contributed by atoms with Crippen molar-refractivity contribution in [2.75, 3.05) is 4.90 Å². The Balaban J connectivity index is 1.24. The van der Waals surface area contributed by atoms with E-state index < -0.39 is 12.1 Å². The van der Waals surface area contributed by atoms with Crippen molar-refractivity contribution in [1.82, 2.24) is 15.1 Å². The Morgan fingerprint density at radius 3 is 2.78 bits per heavy atom. The molecule has 1 aromatic heterocycles. The number of rotatable bonds is 4. The number of carbonyl (C=O) groups is 2. The lowest BCUT2D eigenvalue weighted by atomic mass is 10.1. The third-order valence-electron chi connectivity index (χ3n) is 6.08. The van der Waals surface area contributed by atoms with Gasteiger partial charge in [-0.05, 0) is 54.7 Å². The summed E-state index contributed by atoms with van der Waals surface area (Å²) >= 11 is 3.48. The van der Waals surface area contributed by atoms with Gasteiger partial charge in [0.05, 0.1) is 5.69 Å². The summed E-state index contributed by atoms with van der Waals surface area (Å²) in [7, 11) is 0. The van der Waals surface area contributed by atoms with Crippen LogP contribution < -0.4 is 4.90 Å². The maximum absolute atomic E-state index is 13.2. The summed E-state index contributed by atoms with van der Waals surface area (Å²) in [5.41, 5.74) is 3.87. The van der Waals surface area contributed by atoms with E-state index in [0.717, 1.165) is 29.3 Å². The standard InChI is InChI=1S/C22H17BrN6O3/c23-16-7-2-1-6-15(16)20-24-17(32-26-20)11-28-19-18(25-27-28)21(30)29(22(19)31)14-9-8-12-4-3-5-13(12)10-14/h1-2,6-10,18-19H,3-5,11H2/t18-,19-/m1/s1. The van der Waals surface area contributed by atoms with E-state index in [1.165, 1.54) is 21.0 Å². The summed E-state index contributed by atoms with van der Waals surface area (Å²) in [6.07, 6.45) is 3.10. The number of hydrogen-bond acceptors (Lipinski definition) is 8. The zero-order valence-corrected chi connectivity index (χ0v) is 18.4. The van der Waals surface area contributed by atoms with Crippen molar-refractivity contribution in [3.8, 4) is 11.4 Å². The van der Waals surface area contributed by atoms with Crippen molar-refractivity contribution in [3.63, 3.8) is 0 Å². The fraction of sp³-hybridized carbons (Fsp3) is 0.273. The van der Waals surface area contributed by atoms with Crippen molar-refractivity contribution in [2.24, 2.45) is 10.3 Å². The molecule has 3 aromatic rings. The molecule has 10 heteroatoms. The van der Waals surface area contributed by atoms with E-state index in [1.807, 2.05) is 42.5 Å². The number of imide groups is 1. The van der Waals surface area contributed by atoms with E-state index in [4.69, 9.17) is 4.52 Å². The van der Waals surface area contributed by atoms with Crippen LogP contribution >= 0.6 is 15.9 Å². The Morgan fingerprint density at radius 2 is 1.91 bits per heavy atom. The fourth-order valence-corrected chi connectivity index (χ4v) is 4.98. The van der Waals surface area contributed by atoms with Crippen LogP contribution in [0.1, 0.15) is 23.4 Å². The SMILES string of the molecule is O=C1[C@@H]2N=NN(Cc3nc(-c4ccccc4Br)no3)[C@H]2C(=O)N1c1ccc2c(c1)CCC2. The molecule has 2 amide bonds. The molecule has 2 aliphatic heterocycles. The maximum Gasteiger partial charge on any atom is 0.263 e. The second-order valence-electron chi connectivity index (χ2n) is 8.00. The van der Waals surface area contributed by atoms with E-state index in [9.17, 15) is 9.59 Å². The highest BCUT2D eigenvalue weighted by Gasteiger charge is 2.55. The molecule has 0 radical (unpaired) electrons. The Kier molecular flexibility index (Phi) is 4.42. The maximum atomic E-state index is 13.2. The molecule has 6 rings (SSSR count). The Hall–Kier alpha value is -3.40. The third kappa shape index (κ3) is 2.97. The average molecular weight is 493 g/mol. The Morgan fingerprint density at radius 1 is 1.06 bits per heavy atom. The van der Waals surface area contributed by atoms with Crippen molar-refractivity contribution < 1.29 is 14.1 Å². The number of aryl methyl sites for hydroxylation is 2. The molecule has 1 fully saturated rings. The number of anilines is 1. The number of fused-ring (bicyclic) bond motifs is 2. The number of nitrogens with zero attached hydrogens (tertiary/aromatic N) is 6. The normalized spacial score (nSPS) is 21.5. The Bertz CT molecular complexity index is 1290. The number of amides is 2. The van der Waals surface area contributed by atoms with Crippen molar-refractivity contribution >= 4 is 33.4 Å². The first-order valence-electron chi connectivity index (χ1n) is 10.3. The molecule has 0 N–H and O–H groups in total. The summed E-state index contributed by atoms with van der Waals surface area (Å²) < 4.78 is 6.22. The van der Waals surface area contributed by atoms with Gasteiger partial charge >= 0.3 is 0 Å². The van der Waals surface area contributed by atoms with Gasteiger partial charge in [0.2, 0.25) is 11.7 Å². The quantitative estimate of drug-likeness (QED) is 0.516. The molecule has 0 saturated carbocycles. The molecule has 32 heavy (non-hydrogen) atoms. The summed E-state index contributed by atoms with van der Waals surface area (Å²) in [5.74, 6) is 0.0115. The summed E-state index contributed by atoms with van der Waals surface area (Å²) in [5, 5.41) is 13.6. The first-order valence-corrected chi connectivity index (χ1v) is 11.1. The van der Waals surface area contributed by atoms with Crippen LogP contribution in [0.2, 0.25) is 0 Å². The minimum absolute atomic E-state index is 0.0825. The predicted molar refractivity (Wildman–Crippen MR) is 116 cm³/mol. The van der Waals surface area contributed by atoms with E-state index in [2.05, 4.69) is 36.4 Å². The summed E-state index contributed by atoms with van der Waals surface area (Å²) in [6, 6.07) is 11.7. The molecule has 0 bridgehead atoms. The van der Waals surface area contributed by atoms with Crippen LogP contribution in [0.25, 0.3) is 11.4 Å². The van der Waals surface area contributed by atoms with Crippen LogP contribution in [-0.2, 0) is 29.0 Å². The number of aromatic nitrogens is 2. The molecule has 0 unspecified atom stereocenters. The molecule has 1 aliphatic carbocycles. The number of benzene rings is 2. The van der Waals surface area contributed by atoms with Crippen LogP contribution in [0.3, 0.4) is 0 Å². The van der Waals surface area contributed by atoms with Crippen molar-refractivity contribution in [3.05, 3.63) is 64.0 Å². The van der Waals surface area contributed by atoms with Crippen LogP contribution in [-0.4, -0.2) is 39.0 Å². The molecule has 2 atom stereocenters. The fourth-order valence-electron chi connectivity index (χ4n) is 4.52. The minimum Gasteiger partial charge on any atom is -0.337 e. The largest absolute Gasteiger partial charge is 0.337 e. The number of carbonyl (C=O) groups excluding carboxylic acids is 2. The van der Waals surface area contributed by atoms with Crippen molar-refractivity contribution in [1.29, 1.82) is 0 Å². The predicted octanol–water partition coefficient (Wildman–Crippen LogP) is 3.48. The van der Waals surface area contributed by atoms with E-state index in [-0.39, 0.29) is 24.2 Å². The molecule has 3 aliphatic rings. The van der Waals surface area contributed by atoms with Gasteiger partial charge in [-0.25, -0.2) is 4.90 Å². The third-order valence-corrected chi connectivity index (χ3v) is 6.77. The molecule has 0 spiro atoms. The van der Waals surface area contributed by atoms with Crippen LogP contribution in [0.15, 0.2) is 61.8 Å². The highest BCUT2D eigenvalue weighted by molar-refractivity contribution is 9.10. The van der Waals surface area contributed by atoms with Gasteiger partial charge in [0, 0.05) is 10.0 Å². The second kappa shape index (κ2) is 7.33. The van der Waals surface area contributed by atoms with Gasteiger partial charge in [0.1, 0.15) is 6.54 Å². The first kappa shape index (κ1) is 19.3. The van der Waals surface area contributed by atoms with Crippen LogP contribution in [0, 0.1) is 0 Å². The molecule has 3 heterocycles. The highest BCUT2D eigenvalue weighted by Crippen LogP contribution is 2.35. The lowest BCUT2D eigenvalue weighted by Gasteiger charge is -2.19. The molecule has 1 saturated heterocycles. The molecule has 160 valence electrons. The van der Waals surface area contributed by atoms with Gasteiger partial charge in [-0.2, -0.15) is 10.1 Å². The molecular formula is C22H17BrN6O3. The van der Waals surface area contributed by atoms with Gasteiger partial charge in [-0.3, -0.25) is 14.6 Å². The number of hydrogen-bond donors (Lipinski definition) is 0. The molecule has 9 nitrogen and oxygen atoms in total. The first-order chi connectivity index (χ1) is 15.6. The van der Waals surface area contributed by atoms with E-state index in [1.54, 1.807) is 0 Å². The second-order valence-corrected chi connectivity index (χ2v) is 8.86. The summed E-state index contributed by atoms with van der Waals surface area (Å²) in [6.45, 7) is 0.0825. The zero-order valence-electron chi connectivity index (χ0n) is 16.8. The minimum atomic E-state index is -0.860. The monoisotopic (exact) mass is 492 g/mol. The van der Waals surface area contributed by atoms with Gasteiger partial charge in [0.15, 0.2) is 12.1 Å². The topological polar surface area (TPSA) is 104 Å². The van der Waals surface area contributed by atoms with E-state index in [0.29, 0.717) is 11.5 Å². The van der Waals surface area contributed by atoms with Crippen LogP contribution in [0.4, 0.5) is 5.69 Å². The van der Waals surface area contributed by atoms with E-state index >= 15 is 0 Å². The van der Waals surface area contributed by atoms with Gasteiger partial charge < -0.3 is 4.52 Å². The number of halogens is 1. The smallest absolute Gasteiger partial charge is 0.263 e. The Labute approximate surface area is 191 Å². The van der Waals surface area contributed by atoms with Crippen LogP contribution in [0.5, 0.6) is 0 Å². The average Bonchev–Trinajstić information content (AvgIpc) is 3.56. The molecule has 2 aromatic carbocycles. The van der Waals surface area contributed by atoms with Gasteiger partial charge in [0.25, 0.3) is 11.8 Å². The zero-order chi connectivity index (χ0) is 21.8. The van der Waals surface area contributed by atoms with Gasteiger partial charge in [-0.15, -0.1) is 0 Å². The highest BCUT2D eigenvalue weighted by atomic mass is 79.9.